The van der Waals surface area contributed by atoms with Crippen molar-refractivity contribution in [3.05, 3.63) is 42.2 Å². The second-order valence-electron chi connectivity index (χ2n) is 8.00. The minimum Gasteiger partial charge on any atom is -0.311 e. The van der Waals surface area contributed by atoms with Crippen LogP contribution in [0.25, 0.3) is 0 Å². The number of piperidine rings is 1. The third-order valence-electron chi connectivity index (χ3n) is 5.98. The third kappa shape index (κ3) is 4.72. The van der Waals surface area contributed by atoms with E-state index in [0.717, 1.165) is 54.3 Å². The zero-order valence-electron chi connectivity index (χ0n) is 16.5. The van der Waals surface area contributed by atoms with Crippen molar-refractivity contribution in [3.63, 3.8) is 0 Å². The van der Waals surface area contributed by atoms with Gasteiger partial charge in [-0.1, -0.05) is 0 Å². The van der Waals surface area contributed by atoms with Gasteiger partial charge in [-0.05, 0) is 68.7 Å². The number of carbonyl (C=O) groups is 1. The number of hydrogen-bond acceptors (Lipinski definition) is 5. The Bertz CT molecular complexity index is 793. The minimum absolute atomic E-state index is 0.229. The van der Waals surface area contributed by atoms with Gasteiger partial charge in [0.2, 0.25) is 5.91 Å². The molecule has 5 nitrogen and oxygen atoms in total. The molecule has 0 radical (unpaired) electrons. The topological polar surface area (TPSA) is 59.0 Å². The Labute approximate surface area is 171 Å². The lowest BCUT2D eigenvalue weighted by Crippen LogP contribution is -2.35. The van der Waals surface area contributed by atoms with Gasteiger partial charge in [0.15, 0.2) is 0 Å². The van der Waals surface area contributed by atoms with Crippen LogP contribution in [0.4, 0.5) is 5.69 Å². The average molecular weight is 397 g/mol. The minimum atomic E-state index is 0.229. The van der Waals surface area contributed by atoms with Crippen LogP contribution in [0.3, 0.4) is 0 Å². The van der Waals surface area contributed by atoms with Crippen LogP contribution in [0.1, 0.15) is 50.0 Å². The molecule has 0 N–H and O–H groups in total. The maximum atomic E-state index is 12.1. The van der Waals surface area contributed by atoms with Crippen LogP contribution in [0.2, 0.25) is 0 Å². The standard InChI is InChI=1S/C22H28N4OS/c1-28-20-14-24-21(25-15-20)12-17-6-5-16(10-17)11-18-7-8-19(13-23-18)26-9-3-2-4-22(26)27/h7-8,13-17H,2-6,9-12H2,1H3/t16-,17-/m0/s1. The van der Waals surface area contributed by atoms with Crippen molar-refractivity contribution in [1.82, 2.24) is 15.0 Å². The summed E-state index contributed by atoms with van der Waals surface area (Å²) < 4.78 is 0. The predicted molar refractivity (Wildman–Crippen MR) is 112 cm³/mol. The molecule has 2 fully saturated rings. The summed E-state index contributed by atoms with van der Waals surface area (Å²) in [6.07, 6.45) is 16.3. The molecule has 0 aromatic carbocycles. The molecule has 1 saturated carbocycles. The van der Waals surface area contributed by atoms with Gasteiger partial charge in [-0.2, -0.15) is 0 Å². The quantitative estimate of drug-likeness (QED) is 0.681. The Morgan fingerprint density at radius 1 is 1.04 bits per heavy atom. The number of hydrogen-bond donors (Lipinski definition) is 0. The van der Waals surface area contributed by atoms with Crippen molar-refractivity contribution in [3.8, 4) is 0 Å². The van der Waals surface area contributed by atoms with E-state index in [0.29, 0.717) is 18.3 Å². The van der Waals surface area contributed by atoms with E-state index in [1.54, 1.807) is 11.8 Å². The molecule has 1 saturated heterocycles. The van der Waals surface area contributed by atoms with Crippen molar-refractivity contribution >= 4 is 23.4 Å². The van der Waals surface area contributed by atoms with E-state index in [1.165, 1.54) is 19.3 Å². The van der Waals surface area contributed by atoms with Crippen LogP contribution in [0, 0.1) is 11.8 Å². The highest BCUT2D eigenvalue weighted by atomic mass is 32.2. The summed E-state index contributed by atoms with van der Waals surface area (Å²) in [6.45, 7) is 0.824. The average Bonchev–Trinajstić information content (AvgIpc) is 3.16. The van der Waals surface area contributed by atoms with Gasteiger partial charge in [-0.15, -0.1) is 11.8 Å². The SMILES string of the molecule is CSc1cnc(C[C@H]2CC[C@H](Cc3ccc(N4CCCCC4=O)cn3)C2)nc1. The van der Waals surface area contributed by atoms with E-state index in [9.17, 15) is 4.79 Å². The van der Waals surface area contributed by atoms with E-state index in [-0.39, 0.29) is 5.91 Å². The largest absolute Gasteiger partial charge is 0.311 e. The lowest BCUT2D eigenvalue weighted by molar-refractivity contribution is -0.119. The van der Waals surface area contributed by atoms with Crippen LogP contribution in [-0.4, -0.2) is 33.7 Å². The highest BCUT2D eigenvalue weighted by Crippen LogP contribution is 2.35. The van der Waals surface area contributed by atoms with E-state index in [1.807, 2.05) is 29.7 Å². The predicted octanol–water partition coefficient (Wildman–Crippen LogP) is 4.31. The Hall–Kier alpha value is -1.95. The van der Waals surface area contributed by atoms with Gasteiger partial charge in [0.05, 0.1) is 11.9 Å². The van der Waals surface area contributed by atoms with Crippen molar-refractivity contribution in [2.24, 2.45) is 11.8 Å². The molecule has 6 heteroatoms. The third-order valence-corrected chi connectivity index (χ3v) is 6.66. The molecule has 148 valence electrons. The summed E-state index contributed by atoms with van der Waals surface area (Å²) >= 11 is 1.68. The number of rotatable bonds is 6. The molecule has 2 aliphatic rings. The Morgan fingerprint density at radius 2 is 1.82 bits per heavy atom. The fraction of sp³-hybridized carbons (Fsp3) is 0.545. The van der Waals surface area contributed by atoms with Gasteiger partial charge in [0.1, 0.15) is 5.82 Å². The lowest BCUT2D eigenvalue weighted by atomic mass is 9.97. The maximum Gasteiger partial charge on any atom is 0.227 e. The Balaban J connectivity index is 1.29. The molecule has 1 aliphatic heterocycles. The van der Waals surface area contributed by atoms with Crippen molar-refractivity contribution in [1.29, 1.82) is 0 Å². The monoisotopic (exact) mass is 396 g/mol. The summed E-state index contributed by atoms with van der Waals surface area (Å²) in [6, 6.07) is 4.17. The van der Waals surface area contributed by atoms with Crippen LogP contribution in [-0.2, 0) is 17.6 Å². The molecule has 4 rings (SSSR count). The van der Waals surface area contributed by atoms with Gasteiger partial charge in [0, 0.05) is 42.4 Å². The molecular formula is C22H28N4OS. The fourth-order valence-electron chi connectivity index (χ4n) is 4.43. The first-order chi connectivity index (χ1) is 13.7. The fourth-order valence-corrected chi connectivity index (χ4v) is 4.75. The zero-order chi connectivity index (χ0) is 19.3. The normalized spacial score (nSPS) is 22.6. The molecule has 2 aromatic rings. The van der Waals surface area contributed by atoms with Gasteiger partial charge in [0.25, 0.3) is 0 Å². The van der Waals surface area contributed by atoms with Crippen LogP contribution < -0.4 is 4.90 Å². The number of amides is 1. The number of anilines is 1. The van der Waals surface area contributed by atoms with Gasteiger partial charge >= 0.3 is 0 Å². The van der Waals surface area contributed by atoms with Crippen molar-refractivity contribution < 1.29 is 4.79 Å². The van der Waals surface area contributed by atoms with Crippen LogP contribution in [0.5, 0.6) is 0 Å². The van der Waals surface area contributed by atoms with E-state index in [2.05, 4.69) is 27.1 Å². The molecule has 0 bridgehead atoms. The van der Waals surface area contributed by atoms with E-state index >= 15 is 0 Å². The van der Waals surface area contributed by atoms with Crippen LogP contribution in [0.15, 0.2) is 35.6 Å². The molecule has 1 aliphatic carbocycles. The number of thioether (sulfide) groups is 1. The Morgan fingerprint density at radius 3 is 2.50 bits per heavy atom. The highest BCUT2D eigenvalue weighted by molar-refractivity contribution is 7.98. The molecule has 1 amide bonds. The van der Waals surface area contributed by atoms with Gasteiger partial charge in [-0.25, -0.2) is 9.97 Å². The summed E-state index contributed by atoms with van der Waals surface area (Å²) in [5.74, 6) is 2.56. The molecular weight excluding hydrogens is 368 g/mol. The lowest BCUT2D eigenvalue weighted by Gasteiger charge is -2.26. The molecule has 3 heterocycles. The van der Waals surface area contributed by atoms with E-state index in [4.69, 9.17) is 0 Å². The summed E-state index contributed by atoms with van der Waals surface area (Å²) in [5, 5.41) is 0. The summed E-state index contributed by atoms with van der Waals surface area (Å²) in [5.41, 5.74) is 2.09. The summed E-state index contributed by atoms with van der Waals surface area (Å²) in [7, 11) is 0. The number of aromatic nitrogens is 3. The number of nitrogens with zero attached hydrogens (tertiary/aromatic N) is 4. The smallest absolute Gasteiger partial charge is 0.227 e. The summed E-state index contributed by atoms with van der Waals surface area (Å²) in [4.78, 5) is 28.7. The second-order valence-corrected chi connectivity index (χ2v) is 8.88. The van der Waals surface area contributed by atoms with Gasteiger partial charge < -0.3 is 4.90 Å². The first kappa shape index (κ1) is 19.4. The molecule has 2 aromatic heterocycles. The molecule has 28 heavy (non-hydrogen) atoms. The molecule has 2 atom stereocenters. The number of pyridine rings is 1. The van der Waals surface area contributed by atoms with E-state index < -0.39 is 0 Å². The Kier molecular flexibility index (Phi) is 6.25. The first-order valence-electron chi connectivity index (χ1n) is 10.3. The highest BCUT2D eigenvalue weighted by Gasteiger charge is 2.26. The maximum absolute atomic E-state index is 12.1. The number of carbonyl (C=O) groups excluding carboxylic acids is 1. The zero-order valence-corrected chi connectivity index (χ0v) is 17.3. The van der Waals surface area contributed by atoms with Crippen molar-refractivity contribution in [2.75, 3.05) is 17.7 Å². The van der Waals surface area contributed by atoms with Gasteiger partial charge in [-0.3, -0.25) is 9.78 Å². The molecule has 0 unspecified atom stereocenters. The second kappa shape index (κ2) is 9.03. The van der Waals surface area contributed by atoms with Crippen molar-refractivity contribution in [2.45, 2.75) is 56.3 Å². The molecule has 0 spiro atoms. The van der Waals surface area contributed by atoms with Crippen LogP contribution >= 0.6 is 11.8 Å². The first-order valence-corrected chi connectivity index (χ1v) is 11.5.